The molecule has 0 aliphatic rings. The fourth-order valence-corrected chi connectivity index (χ4v) is 1.67. The molecule has 0 aromatic carbocycles. The number of hydrogen-bond donors (Lipinski definition) is 1. The molecular formula is C6H8S2. The van der Waals surface area contributed by atoms with Gasteiger partial charge in [0, 0.05) is 4.88 Å². The van der Waals surface area contributed by atoms with E-state index in [4.69, 9.17) is 0 Å². The number of aryl methyl sites for hydroxylation is 1. The van der Waals surface area contributed by atoms with Crippen LogP contribution in [0.1, 0.15) is 11.8 Å². The lowest BCUT2D eigenvalue weighted by Crippen LogP contribution is -1.63. The lowest BCUT2D eigenvalue weighted by atomic mass is 10.4. The Kier molecular flexibility index (Phi) is 1.97. The molecule has 0 fully saturated rings. The Labute approximate surface area is 59.0 Å². The predicted molar refractivity (Wildman–Crippen MR) is 40.9 cm³/mol. The van der Waals surface area contributed by atoms with Crippen LogP contribution in [0, 0.1) is 0 Å². The van der Waals surface area contributed by atoms with Crippen molar-refractivity contribution in [2.45, 2.75) is 17.6 Å². The summed E-state index contributed by atoms with van der Waals surface area (Å²) in [5, 5.41) is 0. The Morgan fingerprint density at radius 2 is 2.38 bits per heavy atom. The van der Waals surface area contributed by atoms with Crippen molar-refractivity contribution < 1.29 is 0 Å². The molecule has 0 bridgehead atoms. The van der Waals surface area contributed by atoms with Gasteiger partial charge in [-0.3, -0.25) is 0 Å². The summed E-state index contributed by atoms with van der Waals surface area (Å²) in [4.78, 5) is 1.41. The highest BCUT2D eigenvalue weighted by molar-refractivity contribution is 7.82. The number of thiophene rings is 1. The van der Waals surface area contributed by atoms with Crippen molar-refractivity contribution in [3.05, 3.63) is 17.0 Å². The fraction of sp³-hybridized carbons (Fsp3) is 0.333. The molecule has 0 saturated carbocycles. The normalized spacial score (nSPS) is 9.75. The molecule has 8 heavy (non-hydrogen) atoms. The van der Waals surface area contributed by atoms with E-state index in [0.717, 1.165) is 10.6 Å². The first kappa shape index (κ1) is 6.17. The minimum absolute atomic E-state index is 1.11. The van der Waals surface area contributed by atoms with Crippen molar-refractivity contribution in [1.82, 2.24) is 0 Å². The zero-order valence-corrected chi connectivity index (χ0v) is 6.43. The van der Waals surface area contributed by atoms with E-state index in [9.17, 15) is 0 Å². The van der Waals surface area contributed by atoms with Gasteiger partial charge in [-0.05, 0) is 18.6 Å². The highest BCUT2D eigenvalue weighted by Crippen LogP contribution is 2.19. The minimum atomic E-state index is 1.11. The Hall–Kier alpha value is 0.0500. The molecule has 0 radical (unpaired) electrons. The van der Waals surface area contributed by atoms with Gasteiger partial charge in [-0.15, -0.1) is 24.0 Å². The van der Waals surface area contributed by atoms with Crippen molar-refractivity contribution in [3.8, 4) is 0 Å². The molecule has 1 rings (SSSR count). The fourth-order valence-electron chi connectivity index (χ4n) is 0.557. The average molecular weight is 144 g/mol. The van der Waals surface area contributed by atoms with Gasteiger partial charge in [0.05, 0.1) is 4.21 Å². The predicted octanol–water partition coefficient (Wildman–Crippen LogP) is 2.60. The van der Waals surface area contributed by atoms with Gasteiger partial charge in [0.15, 0.2) is 0 Å². The molecule has 0 amide bonds. The highest BCUT2D eigenvalue weighted by Gasteiger charge is 1.90. The van der Waals surface area contributed by atoms with Gasteiger partial charge in [0.1, 0.15) is 0 Å². The maximum atomic E-state index is 4.18. The molecule has 1 aromatic rings. The summed E-state index contributed by atoms with van der Waals surface area (Å²) in [5.41, 5.74) is 0. The molecule has 2 heteroatoms. The van der Waals surface area contributed by atoms with Crippen molar-refractivity contribution in [2.24, 2.45) is 0 Å². The maximum Gasteiger partial charge on any atom is 0.0570 e. The third kappa shape index (κ3) is 1.26. The SMILES string of the molecule is CCc1ccc(S)s1. The molecule has 44 valence electrons. The molecule has 0 unspecified atom stereocenters. The van der Waals surface area contributed by atoms with Gasteiger partial charge in [0.2, 0.25) is 0 Å². The molecule has 0 aliphatic carbocycles. The Balaban J connectivity index is 2.84. The highest BCUT2D eigenvalue weighted by atomic mass is 32.2. The molecule has 0 nitrogen and oxygen atoms in total. The number of rotatable bonds is 1. The van der Waals surface area contributed by atoms with E-state index in [0.29, 0.717) is 0 Å². The van der Waals surface area contributed by atoms with Gasteiger partial charge in [-0.25, -0.2) is 0 Å². The second-order valence-corrected chi connectivity index (χ2v) is 3.55. The van der Waals surface area contributed by atoms with E-state index in [1.54, 1.807) is 11.3 Å². The first-order valence-electron chi connectivity index (χ1n) is 2.60. The molecule has 1 heterocycles. The Bertz CT molecular complexity index is 167. The largest absolute Gasteiger partial charge is 0.134 e. The second kappa shape index (κ2) is 2.55. The average Bonchev–Trinajstić information content (AvgIpc) is 2.14. The van der Waals surface area contributed by atoms with Crippen LogP contribution in [0.4, 0.5) is 0 Å². The first-order valence-corrected chi connectivity index (χ1v) is 3.87. The third-order valence-corrected chi connectivity index (χ3v) is 2.45. The van der Waals surface area contributed by atoms with E-state index in [1.807, 2.05) is 6.07 Å². The summed E-state index contributed by atoms with van der Waals surface area (Å²) in [6.45, 7) is 2.15. The van der Waals surface area contributed by atoms with Gasteiger partial charge < -0.3 is 0 Å². The monoisotopic (exact) mass is 144 g/mol. The van der Waals surface area contributed by atoms with Crippen LogP contribution >= 0.6 is 24.0 Å². The summed E-state index contributed by atoms with van der Waals surface area (Å²) < 4.78 is 1.11. The molecular weight excluding hydrogens is 136 g/mol. The smallest absolute Gasteiger partial charge is 0.0570 e. The van der Waals surface area contributed by atoms with Crippen LogP contribution in [0.15, 0.2) is 16.3 Å². The molecule has 0 N–H and O–H groups in total. The van der Waals surface area contributed by atoms with Crippen LogP contribution in [0.5, 0.6) is 0 Å². The molecule has 1 aromatic heterocycles. The quantitative estimate of drug-likeness (QED) is 0.575. The third-order valence-electron chi connectivity index (χ3n) is 0.996. The van der Waals surface area contributed by atoms with E-state index in [-0.39, 0.29) is 0 Å². The van der Waals surface area contributed by atoms with Crippen LogP contribution in [-0.2, 0) is 6.42 Å². The van der Waals surface area contributed by atoms with Gasteiger partial charge in [0.25, 0.3) is 0 Å². The number of hydrogen-bond acceptors (Lipinski definition) is 2. The summed E-state index contributed by atoms with van der Waals surface area (Å²) in [7, 11) is 0. The van der Waals surface area contributed by atoms with E-state index >= 15 is 0 Å². The van der Waals surface area contributed by atoms with Crippen molar-refractivity contribution in [1.29, 1.82) is 0 Å². The van der Waals surface area contributed by atoms with Gasteiger partial charge in [-0.2, -0.15) is 0 Å². The summed E-state index contributed by atoms with van der Waals surface area (Å²) >= 11 is 5.93. The van der Waals surface area contributed by atoms with Crippen LogP contribution in [0.25, 0.3) is 0 Å². The first-order chi connectivity index (χ1) is 3.83. The topological polar surface area (TPSA) is 0 Å². The molecule has 0 saturated heterocycles. The zero-order valence-electron chi connectivity index (χ0n) is 4.72. The molecule has 0 spiro atoms. The lowest BCUT2D eigenvalue weighted by molar-refractivity contribution is 1.19. The van der Waals surface area contributed by atoms with Gasteiger partial charge >= 0.3 is 0 Å². The summed E-state index contributed by atoms with van der Waals surface area (Å²) in [6, 6.07) is 4.15. The Morgan fingerprint density at radius 1 is 1.62 bits per heavy atom. The summed E-state index contributed by atoms with van der Waals surface area (Å²) in [6.07, 6.45) is 1.13. The number of thiol groups is 1. The van der Waals surface area contributed by atoms with Crippen LogP contribution in [0.2, 0.25) is 0 Å². The molecule has 0 atom stereocenters. The van der Waals surface area contributed by atoms with E-state index in [2.05, 4.69) is 25.6 Å². The second-order valence-electron chi connectivity index (χ2n) is 1.59. The molecule has 0 aliphatic heterocycles. The van der Waals surface area contributed by atoms with E-state index in [1.165, 1.54) is 4.88 Å². The van der Waals surface area contributed by atoms with Crippen molar-refractivity contribution >= 4 is 24.0 Å². The lowest BCUT2D eigenvalue weighted by Gasteiger charge is -1.80. The maximum absolute atomic E-state index is 4.18. The Morgan fingerprint density at radius 3 is 2.62 bits per heavy atom. The minimum Gasteiger partial charge on any atom is -0.134 e. The van der Waals surface area contributed by atoms with Crippen LogP contribution in [0.3, 0.4) is 0 Å². The van der Waals surface area contributed by atoms with E-state index < -0.39 is 0 Å². The van der Waals surface area contributed by atoms with Gasteiger partial charge in [-0.1, -0.05) is 6.92 Å². The van der Waals surface area contributed by atoms with Crippen molar-refractivity contribution in [2.75, 3.05) is 0 Å². The standard InChI is InChI=1S/C6H8S2/c1-2-5-3-4-6(7)8-5/h3-4,7H,2H2,1H3. The van der Waals surface area contributed by atoms with Crippen LogP contribution in [-0.4, -0.2) is 0 Å². The van der Waals surface area contributed by atoms with Crippen molar-refractivity contribution in [3.63, 3.8) is 0 Å². The zero-order chi connectivity index (χ0) is 5.98. The summed E-state index contributed by atoms with van der Waals surface area (Å²) in [5.74, 6) is 0. The van der Waals surface area contributed by atoms with Crippen LogP contribution < -0.4 is 0 Å².